The first-order chi connectivity index (χ1) is 9.90. The topological polar surface area (TPSA) is 113 Å². The quantitative estimate of drug-likeness (QED) is 0.393. The molecule has 0 bridgehead atoms. The van der Waals surface area contributed by atoms with Gasteiger partial charge in [-0.3, -0.25) is 10.3 Å². The number of halogens is 2. The van der Waals surface area contributed by atoms with Gasteiger partial charge in [0.25, 0.3) is 0 Å². The summed E-state index contributed by atoms with van der Waals surface area (Å²) < 4.78 is 1.80. The number of guanidine groups is 1. The van der Waals surface area contributed by atoms with Crippen LogP contribution in [0, 0.1) is 0 Å². The highest BCUT2D eigenvalue weighted by molar-refractivity contribution is 6.43. The van der Waals surface area contributed by atoms with Crippen LogP contribution in [0.4, 0.5) is 0 Å². The summed E-state index contributed by atoms with van der Waals surface area (Å²) in [4.78, 5) is 0. The van der Waals surface area contributed by atoms with E-state index >= 15 is 0 Å². The molecule has 6 nitrogen and oxygen atoms in total. The first-order valence-corrected chi connectivity index (χ1v) is 7.17. The minimum Gasteiger partial charge on any atom is -0.394 e. The van der Waals surface area contributed by atoms with Crippen LogP contribution in [-0.2, 0) is 0 Å². The van der Waals surface area contributed by atoms with Crippen LogP contribution in [0.15, 0.2) is 24.0 Å². The molecule has 1 aromatic carbocycles. The highest BCUT2D eigenvalue weighted by Crippen LogP contribution is 2.28. The third kappa shape index (κ3) is 3.53. The van der Waals surface area contributed by atoms with Crippen LogP contribution in [0.3, 0.4) is 0 Å². The van der Waals surface area contributed by atoms with Crippen LogP contribution >= 0.6 is 23.2 Å². The number of aliphatic hydroxyl groups excluding tert-OH is 1. The molecule has 1 fully saturated rings. The van der Waals surface area contributed by atoms with Gasteiger partial charge in [0, 0.05) is 12.0 Å². The summed E-state index contributed by atoms with van der Waals surface area (Å²) in [6.07, 6.45) is 0.289. The SMILES string of the molecule is NC(N/C(N)=C(\N)c1cccc(Cl)c1Cl)=[N+]1CC[C@H](O)C1. The summed E-state index contributed by atoms with van der Waals surface area (Å²) in [5.41, 5.74) is 18.6. The number of nitrogens with zero attached hydrogens (tertiary/aromatic N) is 1. The minimum absolute atomic E-state index is 0.179. The van der Waals surface area contributed by atoms with Crippen molar-refractivity contribution in [3.05, 3.63) is 39.6 Å². The van der Waals surface area contributed by atoms with Gasteiger partial charge in [-0.1, -0.05) is 35.3 Å². The third-order valence-corrected chi connectivity index (χ3v) is 4.12. The fraction of sp³-hybridized carbons (Fsp3) is 0.308. The summed E-state index contributed by atoms with van der Waals surface area (Å²) in [5.74, 6) is 0.517. The molecule has 0 unspecified atom stereocenters. The number of benzene rings is 1. The summed E-state index contributed by atoms with van der Waals surface area (Å²) in [6, 6.07) is 5.11. The summed E-state index contributed by atoms with van der Waals surface area (Å²) in [7, 11) is 0. The molecule has 1 heterocycles. The summed E-state index contributed by atoms with van der Waals surface area (Å²) >= 11 is 12.1. The Kier molecular flexibility index (Phi) is 4.82. The lowest BCUT2D eigenvalue weighted by Crippen LogP contribution is -2.42. The molecule has 1 aliphatic rings. The van der Waals surface area contributed by atoms with Gasteiger partial charge in [0.2, 0.25) is 0 Å². The smallest absolute Gasteiger partial charge is 0.349 e. The van der Waals surface area contributed by atoms with Crippen LogP contribution in [0.2, 0.25) is 10.0 Å². The predicted octanol–water partition coefficient (Wildman–Crippen LogP) is 0.218. The zero-order valence-corrected chi connectivity index (χ0v) is 12.8. The van der Waals surface area contributed by atoms with E-state index in [9.17, 15) is 5.11 Å². The number of aliphatic hydroxyl groups is 1. The minimum atomic E-state index is -0.379. The van der Waals surface area contributed by atoms with Crippen LogP contribution in [0.1, 0.15) is 12.0 Å². The molecule has 114 valence electrons. The molecular formula is C13H18Cl2N5O+. The number of β-amino-alcohol motifs (C(OH)–C–C–N with tert-alkyl or cyclic N) is 1. The van der Waals surface area contributed by atoms with Crippen molar-refractivity contribution in [3.8, 4) is 0 Å². The molecular weight excluding hydrogens is 313 g/mol. The molecule has 1 aromatic rings. The average Bonchev–Trinajstić information content (AvgIpc) is 2.88. The summed E-state index contributed by atoms with van der Waals surface area (Å²) in [6.45, 7) is 1.12. The molecule has 2 rings (SSSR count). The van der Waals surface area contributed by atoms with Crippen molar-refractivity contribution in [3.63, 3.8) is 0 Å². The van der Waals surface area contributed by atoms with Gasteiger partial charge in [-0.15, -0.1) is 0 Å². The predicted molar refractivity (Wildman–Crippen MR) is 84.7 cm³/mol. The Morgan fingerprint density at radius 1 is 1.29 bits per heavy atom. The molecule has 21 heavy (non-hydrogen) atoms. The monoisotopic (exact) mass is 330 g/mol. The van der Waals surface area contributed by atoms with Crippen molar-refractivity contribution in [2.75, 3.05) is 13.1 Å². The Labute approximate surface area is 132 Å². The Morgan fingerprint density at radius 2 is 2.00 bits per heavy atom. The number of nitrogens with one attached hydrogen (secondary N) is 1. The van der Waals surface area contributed by atoms with Gasteiger partial charge >= 0.3 is 5.96 Å². The summed E-state index contributed by atoms with van der Waals surface area (Å²) in [5, 5.41) is 13.0. The van der Waals surface area contributed by atoms with E-state index in [1.165, 1.54) is 0 Å². The highest BCUT2D eigenvalue weighted by atomic mass is 35.5. The van der Waals surface area contributed by atoms with E-state index in [4.69, 9.17) is 40.4 Å². The van der Waals surface area contributed by atoms with Crippen molar-refractivity contribution < 1.29 is 9.68 Å². The largest absolute Gasteiger partial charge is 0.394 e. The number of rotatable bonds is 2. The molecule has 0 amide bonds. The van der Waals surface area contributed by atoms with E-state index in [0.717, 1.165) is 0 Å². The second kappa shape index (κ2) is 6.43. The van der Waals surface area contributed by atoms with Crippen molar-refractivity contribution in [2.45, 2.75) is 12.5 Å². The number of nitrogens with two attached hydrogens (primary N) is 3. The third-order valence-electron chi connectivity index (χ3n) is 3.30. The van der Waals surface area contributed by atoms with Crippen LogP contribution in [-0.4, -0.2) is 34.8 Å². The Hall–Kier alpha value is -1.63. The maximum Gasteiger partial charge on any atom is 0.349 e. The molecule has 8 N–H and O–H groups in total. The highest BCUT2D eigenvalue weighted by Gasteiger charge is 2.22. The zero-order valence-electron chi connectivity index (χ0n) is 11.3. The fourth-order valence-electron chi connectivity index (χ4n) is 2.10. The maximum absolute atomic E-state index is 9.50. The van der Waals surface area contributed by atoms with Crippen molar-refractivity contribution in [1.82, 2.24) is 5.32 Å². The first kappa shape index (κ1) is 15.8. The van der Waals surface area contributed by atoms with Crippen LogP contribution in [0.25, 0.3) is 5.70 Å². The van der Waals surface area contributed by atoms with E-state index in [2.05, 4.69) is 5.32 Å². The normalized spacial score (nSPS) is 22.0. The fourth-order valence-corrected chi connectivity index (χ4v) is 2.50. The second-order valence-corrected chi connectivity index (χ2v) is 5.61. The van der Waals surface area contributed by atoms with E-state index in [1.807, 2.05) is 0 Å². The molecule has 1 atom stereocenters. The first-order valence-electron chi connectivity index (χ1n) is 6.42. The maximum atomic E-state index is 9.50. The van der Waals surface area contributed by atoms with Gasteiger partial charge in [-0.2, -0.15) is 0 Å². The molecule has 0 aromatic heterocycles. The van der Waals surface area contributed by atoms with Gasteiger partial charge in [-0.05, 0) is 6.07 Å². The Bertz CT molecular complexity index is 615. The van der Waals surface area contributed by atoms with E-state index in [-0.39, 0.29) is 17.6 Å². The van der Waals surface area contributed by atoms with Gasteiger partial charge in [0.05, 0.1) is 34.9 Å². The standard InChI is InChI=1S/C13H17Cl2N5O/c14-9-3-1-2-8(10(9)15)11(16)12(17)19-13(18)20-5-4-7(21)6-20/h1-3,7,21H,4-6,16-17H2,(H2,18,19)/p+1/b12-11-/t7-/m0/s1. The van der Waals surface area contributed by atoms with Gasteiger partial charge < -0.3 is 16.6 Å². The van der Waals surface area contributed by atoms with Gasteiger partial charge in [0.15, 0.2) is 5.82 Å². The van der Waals surface area contributed by atoms with Crippen LogP contribution < -0.4 is 22.5 Å². The molecule has 1 saturated heterocycles. The average molecular weight is 331 g/mol. The lowest BCUT2D eigenvalue weighted by Gasteiger charge is -2.10. The van der Waals surface area contributed by atoms with Gasteiger partial charge in [-0.25, -0.2) is 5.32 Å². The van der Waals surface area contributed by atoms with Gasteiger partial charge in [0.1, 0.15) is 0 Å². The van der Waals surface area contributed by atoms with E-state index in [1.54, 1.807) is 22.8 Å². The molecule has 1 aliphatic heterocycles. The van der Waals surface area contributed by atoms with E-state index in [0.29, 0.717) is 41.1 Å². The second-order valence-electron chi connectivity index (χ2n) is 4.83. The Balaban J connectivity index is 2.25. The lowest BCUT2D eigenvalue weighted by molar-refractivity contribution is -0.512. The lowest BCUT2D eigenvalue weighted by atomic mass is 10.1. The molecule has 8 heteroatoms. The number of hydrogen-bond donors (Lipinski definition) is 5. The molecule has 0 spiro atoms. The zero-order chi connectivity index (χ0) is 15.6. The molecule has 0 saturated carbocycles. The van der Waals surface area contributed by atoms with Crippen molar-refractivity contribution in [2.24, 2.45) is 17.2 Å². The van der Waals surface area contributed by atoms with E-state index < -0.39 is 0 Å². The molecule has 0 aliphatic carbocycles. The Morgan fingerprint density at radius 3 is 2.62 bits per heavy atom. The van der Waals surface area contributed by atoms with Crippen LogP contribution in [0.5, 0.6) is 0 Å². The molecule has 0 radical (unpaired) electrons. The number of hydrogen-bond acceptors (Lipinski definition) is 3. The van der Waals surface area contributed by atoms with Crippen molar-refractivity contribution >= 4 is 34.9 Å². The van der Waals surface area contributed by atoms with Crippen molar-refractivity contribution in [1.29, 1.82) is 0 Å².